The number of carboxylic acids is 1. The van der Waals surface area contributed by atoms with Crippen LogP contribution in [0.3, 0.4) is 0 Å². The lowest BCUT2D eigenvalue weighted by atomic mass is 9.69. The van der Waals surface area contributed by atoms with E-state index in [-0.39, 0.29) is 0 Å². The molecule has 0 bridgehead atoms. The predicted molar refractivity (Wildman–Crippen MR) is 80.0 cm³/mol. The van der Waals surface area contributed by atoms with Crippen LogP contribution in [0.5, 0.6) is 0 Å². The maximum Gasteiger partial charge on any atom is 0.311 e. The molecule has 0 unspecified atom stereocenters. The molecular weight excluding hydrogens is 272 g/mol. The largest absolute Gasteiger partial charge is 0.481 e. The first-order valence-electron chi connectivity index (χ1n) is 6.76. The van der Waals surface area contributed by atoms with Gasteiger partial charge < -0.3 is 10.4 Å². The van der Waals surface area contributed by atoms with Crippen LogP contribution in [0.4, 0.5) is 5.69 Å². The molecule has 0 atom stereocenters. The Morgan fingerprint density at radius 2 is 2.30 bits per heavy atom. The molecule has 1 aliphatic carbocycles. The van der Waals surface area contributed by atoms with E-state index in [0.29, 0.717) is 24.9 Å². The smallest absolute Gasteiger partial charge is 0.311 e. The number of hydrogen-bond acceptors (Lipinski definition) is 4. The van der Waals surface area contributed by atoms with E-state index >= 15 is 0 Å². The number of nitriles is 1. The molecule has 4 nitrogen and oxygen atoms in total. The topological polar surface area (TPSA) is 73.1 Å². The Kier molecular flexibility index (Phi) is 4.56. The molecule has 0 aromatic heterocycles. The Morgan fingerprint density at radius 1 is 1.55 bits per heavy atom. The summed E-state index contributed by atoms with van der Waals surface area (Å²) in [4.78, 5) is 12.3. The number of nitrogens with zero attached hydrogens (tertiary/aromatic N) is 1. The minimum Gasteiger partial charge on any atom is -0.481 e. The highest BCUT2D eigenvalue weighted by atomic mass is 32.2. The third-order valence-electron chi connectivity index (χ3n) is 3.82. The Labute approximate surface area is 123 Å². The van der Waals surface area contributed by atoms with Crippen molar-refractivity contribution in [1.82, 2.24) is 0 Å². The van der Waals surface area contributed by atoms with Crippen LogP contribution in [-0.4, -0.2) is 23.4 Å². The minimum absolute atomic E-state index is 0.386. The van der Waals surface area contributed by atoms with E-state index in [1.54, 1.807) is 11.8 Å². The molecule has 106 valence electrons. The van der Waals surface area contributed by atoms with Crippen LogP contribution in [-0.2, 0) is 4.79 Å². The van der Waals surface area contributed by atoms with Crippen LogP contribution in [0.2, 0.25) is 0 Å². The fourth-order valence-electron chi connectivity index (χ4n) is 2.40. The second-order valence-electron chi connectivity index (χ2n) is 5.02. The first-order valence-corrected chi connectivity index (χ1v) is 7.75. The maximum absolute atomic E-state index is 11.3. The van der Waals surface area contributed by atoms with Crippen molar-refractivity contribution in [1.29, 1.82) is 5.26 Å². The molecule has 5 heteroatoms. The fraction of sp³-hybridized carbons (Fsp3) is 0.467. The summed E-state index contributed by atoms with van der Waals surface area (Å²) in [5.41, 5.74) is 0.693. The van der Waals surface area contributed by atoms with Gasteiger partial charge in [0.25, 0.3) is 0 Å². The Morgan fingerprint density at radius 3 is 2.80 bits per heavy atom. The monoisotopic (exact) mass is 290 g/mol. The van der Waals surface area contributed by atoms with Gasteiger partial charge in [0.2, 0.25) is 0 Å². The standard InChI is InChI=1S/C15H18N2O2S/c1-2-20-13-6-3-5-12(11(13)9-16)17-10-15(14(18)19)7-4-8-15/h3,5-6,17H,2,4,7-8,10H2,1H3,(H,18,19). The van der Waals surface area contributed by atoms with Crippen molar-refractivity contribution in [2.24, 2.45) is 5.41 Å². The first-order chi connectivity index (χ1) is 9.63. The van der Waals surface area contributed by atoms with Crippen LogP contribution < -0.4 is 5.32 Å². The number of anilines is 1. The van der Waals surface area contributed by atoms with Gasteiger partial charge in [-0.2, -0.15) is 5.26 Å². The van der Waals surface area contributed by atoms with Gasteiger partial charge in [-0.15, -0.1) is 11.8 Å². The molecule has 1 fully saturated rings. The number of benzene rings is 1. The highest BCUT2D eigenvalue weighted by Gasteiger charge is 2.44. The molecule has 1 aliphatic rings. The number of nitrogens with one attached hydrogen (secondary N) is 1. The third kappa shape index (κ3) is 2.75. The van der Waals surface area contributed by atoms with Gasteiger partial charge in [-0.05, 0) is 30.7 Å². The number of carboxylic acid groups (broad SMARTS) is 1. The summed E-state index contributed by atoms with van der Waals surface area (Å²) in [6.45, 7) is 2.43. The number of rotatable bonds is 6. The predicted octanol–water partition coefficient (Wildman–Crippen LogP) is 3.34. The molecule has 2 rings (SSSR count). The Balaban J connectivity index is 2.15. The highest BCUT2D eigenvalue weighted by Crippen LogP contribution is 2.41. The highest BCUT2D eigenvalue weighted by molar-refractivity contribution is 7.99. The molecule has 20 heavy (non-hydrogen) atoms. The number of hydrogen-bond donors (Lipinski definition) is 2. The van der Waals surface area contributed by atoms with Crippen molar-refractivity contribution < 1.29 is 9.90 Å². The maximum atomic E-state index is 11.3. The van der Waals surface area contributed by atoms with Gasteiger partial charge in [0, 0.05) is 11.4 Å². The van der Waals surface area contributed by atoms with Crippen molar-refractivity contribution in [3.63, 3.8) is 0 Å². The molecule has 1 saturated carbocycles. The zero-order chi connectivity index (χ0) is 14.6. The fourth-order valence-corrected chi connectivity index (χ4v) is 3.19. The molecule has 0 radical (unpaired) electrons. The minimum atomic E-state index is -0.742. The second kappa shape index (κ2) is 6.19. The Hall–Kier alpha value is -1.67. The lowest BCUT2D eigenvalue weighted by Crippen LogP contribution is -2.43. The van der Waals surface area contributed by atoms with Crippen LogP contribution >= 0.6 is 11.8 Å². The molecule has 0 amide bonds. The van der Waals surface area contributed by atoms with Crippen LogP contribution in [0, 0.1) is 16.7 Å². The van der Waals surface area contributed by atoms with Gasteiger partial charge in [-0.3, -0.25) is 4.79 Å². The average molecular weight is 290 g/mol. The van der Waals surface area contributed by atoms with Crippen molar-refractivity contribution in [3.8, 4) is 6.07 Å². The summed E-state index contributed by atoms with van der Waals surface area (Å²) in [5, 5.41) is 21.8. The Bertz CT molecular complexity index is 547. The normalized spacial score (nSPS) is 16.0. The van der Waals surface area contributed by atoms with E-state index in [9.17, 15) is 15.2 Å². The van der Waals surface area contributed by atoms with E-state index in [4.69, 9.17) is 0 Å². The van der Waals surface area contributed by atoms with Gasteiger partial charge in [-0.1, -0.05) is 19.4 Å². The van der Waals surface area contributed by atoms with Crippen LogP contribution in [0.1, 0.15) is 31.7 Å². The van der Waals surface area contributed by atoms with Crippen molar-refractivity contribution >= 4 is 23.4 Å². The van der Waals surface area contributed by atoms with Gasteiger partial charge in [0.05, 0.1) is 16.7 Å². The number of aliphatic carboxylic acids is 1. The molecule has 0 heterocycles. The van der Waals surface area contributed by atoms with Gasteiger partial charge in [0.1, 0.15) is 6.07 Å². The third-order valence-corrected chi connectivity index (χ3v) is 4.76. The summed E-state index contributed by atoms with van der Waals surface area (Å²) in [6, 6.07) is 7.88. The number of thioether (sulfide) groups is 1. The summed E-state index contributed by atoms with van der Waals surface area (Å²) in [7, 11) is 0. The lowest BCUT2D eigenvalue weighted by Gasteiger charge is -2.38. The molecular formula is C15H18N2O2S. The van der Waals surface area contributed by atoms with E-state index in [2.05, 4.69) is 11.4 Å². The summed E-state index contributed by atoms with van der Waals surface area (Å²) >= 11 is 1.62. The zero-order valence-corrected chi connectivity index (χ0v) is 12.3. The van der Waals surface area contributed by atoms with Gasteiger partial charge in [-0.25, -0.2) is 0 Å². The van der Waals surface area contributed by atoms with E-state index < -0.39 is 11.4 Å². The lowest BCUT2D eigenvalue weighted by molar-refractivity contribution is -0.153. The van der Waals surface area contributed by atoms with Gasteiger partial charge >= 0.3 is 5.97 Å². The molecule has 0 spiro atoms. The summed E-state index contributed by atoms with van der Waals surface area (Å²) in [6.07, 6.45) is 2.38. The first kappa shape index (κ1) is 14.7. The quantitative estimate of drug-likeness (QED) is 0.786. The van der Waals surface area contributed by atoms with Crippen LogP contribution in [0.15, 0.2) is 23.1 Å². The van der Waals surface area contributed by atoms with Gasteiger partial charge in [0.15, 0.2) is 0 Å². The average Bonchev–Trinajstić information content (AvgIpc) is 2.37. The SMILES string of the molecule is CCSc1cccc(NCC2(C(=O)O)CCC2)c1C#N. The molecule has 1 aromatic carbocycles. The summed E-state index contributed by atoms with van der Waals surface area (Å²) in [5.74, 6) is 0.158. The second-order valence-corrected chi connectivity index (χ2v) is 6.32. The molecule has 0 saturated heterocycles. The molecule has 1 aromatic rings. The molecule has 2 N–H and O–H groups in total. The van der Waals surface area contributed by atoms with Crippen molar-refractivity contribution in [2.75, 3.05) is 17.6 Å². The van der Waals surface area contributed by atoms with Crippen molar-refractivity contribution in [3.05, 3.63) is 23.8 Å². The van der Waals surface area contributed by atoms with E-state index in [1.807, 2.05) is 25.1 Å². The molecule has 0 aliphatic heterocycles. The van der Waals surface area contributed by atoms with E-state index in [0.717, 1.165) is 22.8 Å². The van der Waals surface area contributed by atoms with Crippen molar-refractivity contribution in [2.45, 2.75) is 31.1 Å². The number of carbonyl (C=O) groups is 1. The van der Waals surface area contributed by atoms with E-state index in [1.165, 1.54) is 0 Å². The summed E-state index contributed by atoms with van der Waals surface area (Å²) < 4.78 is 0. The zero-order valence-electron chi connectivity index (χ0n) is 11.5. The van der Waals surface area contributed by atoms with Crippen LogP contribution in [0.25, 0.3) is 0 Å².